The number of rotatable bonds is 3. The van der Waals surface area contributed by atoms with Crippen LogP contribution in [0.5, 0.6) is 0 Å². The van der Waals surface area contributed by atoms with Crippen LogP contribution in [0, 0.1) is 23.1 Å². The van der Waals surface area contributed by atoms with Gasteiger partial charge in [0.15, 0.2) is 0 Å². The van der Waals surface area contributed by atoms with Crippen molar-refractivity contribution in [3.8, 4) is 6.07 Å². The number of piperidine rings is 1. The number of hydrogen-bond acceptors (Lipinski definition) is 3. The van der Waals surface area contributed by atoms with Gasteiger partial charge in [0.2, 0.25) is 0 Å². The van der Waals surface area contributed by atoms with Crippen molar-refractivity contribution in [2.24, 2.45) is 5.92 Å². The van der Waals surface area contributed by atoms with Crippen LogP contribution in [0.1, 0.15) is 24.0 Å². The molecule has 1 aliphatic heterocycles. The summed E-state index contributed by atoms with van der Waals surface area (Å²) in [6, 6.07) is 5.73. The molecule has 0 radical (unpaired) electrons. The van der Waals surface area contributed by atoms with Gasteiger partial charge in [-0.05, 0) is 37.0 Å². The zero-order valence-electron chi connectivity index (χ0n) is 11.7. The number of hydrogen-bond donors (Lipinski definition) is 2. The molecule has 1 heterocycles. The third-order valence-electron chi connectivity index (χ3n) is 3.67. The highest BCUT2D eigenvalue weighted by Crippen LogP contribution is 2.16. The molecule has 2 N–H and O–H groups in total. The van der Waals surface area contributed by atoms with Gasteiger partial charge in [-0.2, -0.15) is 5.26 Å². The van der Waals surface area contributed by atoms with E-state index in [0.29, 0.717) is 18.7 Å². The Morgan fingerprint density at radius 1 is 1.57 bits per heavy atom. The molecule has 0 bridgehead atoms. The van der Waals surface area contributed by atoms with Crippen molar-refractivity contribution in [3.63, 3.8) is 0 Å². The fourth-order valence-corrected chi connectivity index (χ4v) is 2.46. The summed E-state index contributed by atoms with van der Waals surface area (Å²) in [5.41, 5.74) is 0.650. The third-order valence-corrected chi connectivity index (χ3v) is 3.67. The normalized spacial score (nSPS) is 18.1. The van der Waals surface area contributed by atoms with Gasteiger partial charge >= 0.3 is 6.03 Å². The quantitative estimate of drug-likeness (QED) is 0.888. The first-order chi connectivity index (χ1) is 10.1. The third kappa shape index (κ3) is 3.92. The van der Waals surface area contributed by atoms with E-state index in [2.05, 4.69) is 5.32 Å². The van der Waals surface area contributed by atoms with Crippen LogP contribution in [0.2, 0.25) is 0 Å². The van der Waals surface area contributed by atoms with E-state index < -0.39 is 5.82 Å². The fourth-order valence-electron chi connectivity index (χ4n) is 2.46. The lowest BCUT2D eigenvalue weighted by Crippen LogP contribution is -2.46. The second kappa shape index (κ2) is 7.04. The first-order valence-electron chi connectivity index (χ1n) is 6.96. The first kappa shape index (κ1) is 15.3. The molecule has 0 aliphatic carbocycles. The van der Waals surface area contributed by atoms with E-state index in [-0.39, 0.29) is 30.7 Å². The van der Waals surface area contributed by atoms with Crippen LogP contribution >= 0.6 is 0 Å². The molecule has 1 atom stereocenters. The molecule has 2 amide bonds. The Morgan fingerprint density at radius 3 is 3.10 bits per heavy atom. The maximum atomic E-state index is 13.6. The number of nitrogens with zero attached hydrogens (tertiary/aromatic N) is 2. The molecule has 1 aromatic carbocycles. The van der Waals surface area contributed by atoms with E-state index in [1.54, 1.807) is 4.90 Å². The number of nitriles is 1. The van der Waals surface area contributed by atoms with Crippen LogP contribution in [0.25, 0.3) is 0 Å². The average Bonchev–Trinajstić information content (AvgIpc) is 2.53. The van der Waals surface area contributed by atoms with E-state index in [0.717, 1.165) is 12.8 Å². The average molecular weight is 291 g/mol. The summed E-state index contributed by atoms with van der Waals surface area (Å²) in [5, 5.41) is 20.6. The maximum absolute atomic E-state index is 13.6. The number of carbonyl (C=O) groups is 1. The summed E-state index contributed by atoms with van der Waals surface area (Å²) < 4.78 is 13.6. The highest BCUT2D eigenvalue weighted by Gasteiger charge is 2.23. The summed E-state index contributed by atoms with van der Waals surface area (Å²) in [6.07, 6.45) is 1.77. The molecule has 21 heavy (non-hydrogen) atoms. The van der Waals surface area contributed by atoms with Crippen molar-refractivity contribution in [1.29, 1.82) is 5.26 Å². The number of likely N-dealkylation sites (tertiary alicyclic amines) is 1. The molecule has 1 saturated heterocycles. The van der Waals surface area contributed by atoms with Gasteiger partial charge in [-0.3, -0.25) is 0 Å². The van der Waals surface area contributed by atoms with Gasteiger partial charge < -0.3 is 15.3 Å². The number of amides is 2. The van der Waals surface area contributed by atoms with Gasteiger partial charge in [0, 0.05) is 31.8 Å². The Bertz CT molecular complexity index is 556. The second-order valence-electron chi connectivity index (χ2n) is 5.21. The molecule has 5 nitrogen and oxygen atoms in total. The number of halogens is 1. The van der Waals surface area contributed by atoms with E-state index >= 15 is 0 Å². The molecule has 2 rings (SSSR count). The fraction of sp³-hybridized carbons (Fsp3) is 0.467. The lowest BCUT2D eigenvalue weighted by molar-refractivity contribution is 0.129. The number of aliphatic hydroxyl groups is 1. The van der Waals surface area contributed by atoms with Crippen molar-refractivity contribution < 1.29 is 14.3 Å². The van der Waals surface area contributed by atoms with Crippen LogP contribution in [0.4, 0.5) is 9.18 Å². The van der Waals surface area contributed by atoms with Gasteiger partial charge in [0.1, 0.15) is 5.82 Å². The Morgan fingerprint density at radius 2 is 2.38 bits per heavy atom. The highest BCUT2D eigenvalue weighted by atomic mass is 19.1. The van der Waals surface area contributed by atoms with Crippen LogP contribution in [-0.4, -0.2) is 35.7 Å². The van der Waals surface area contributed by atoms with Gasteiger partial charge in [-0.15, -0.1) is 0 Å². The molecule has 6 heteroatoms. The van der Waals surface area contributed by atoms with Gasteiger partial charge in [-0.1, -0.05) is 0 Å². The highest BCUT2D eigenvalue weighted by molar-refractivity contribution is 5.74. The van der Waals surface area contributed by atoms with Gasteiger partial charge in [0.05, 0.1) is 11.6 Å². The monoisotopic (exact) mass is 291 g/mol. The summed E-state index contributed by atoms with van der Waals surface area (Å²) in [5.74, 6) is -0.329. The SMILES string of the molecule is N#Cc1ccc(F)c(CNC(=O)N2CCC[C@H](CO)C2)c1. The van der Waals surface area contributed by atoms with Gasteiger partial charge in [0.25, 0.3) is 0 Å². The molecule has 0 spiro atoms. The Balaban J connectivity index is 1.93. The smallest absolute Gasteiger partial charge is 0.317 e. The minimum absolute atomic E-state index is 0.0421. The number of carbonyl (C=O) groups excluding carboxylic acids is 1. The largest absolute Gasteiger partial charge is 0.396 e. The van der Waals surface area contributed by atoms with E-state index in [4.69, 9.17) is 10.4 Å². The molecular weight excluding hydrogens is 273 g/mol. The first-order valence-corrected chi connectivity index (χ1v) is 6.96. The number of benzene rings is 1. The van der Waals surface area contributed by atoms with Crippen molar-refractivity contribution in [2.45, 2.75) is 19.4 Å². The topological polar surface area (TPSA) is 76.4 Å². The van der Waals surface area contributed by atoms with Crippen molar-refractivity contribution in [3.05, 3.63) is 35.1 Å². The molecular formula is C15H18FN3O2. The lowest BCUT2D eigenvalue weighted by Gasteiger charge is -2.31. The predicted molar refractivity (Wildman–Crippen MR) is 74.7 cm³/mol. The van der Waals surface area contributed by atoms with Crippen molar-refractivity contribution in [1.82, 2.24) is 10.2 Å². The number of urea groups is 1. The number of aliphatic hydroxyl groups excluding tert-OH is 1. The van der Waals surface area contributed by atoms with Crippen molar-refractivity contribution in [2.75, 3.05) is 19.7 Å². The zero-order valence-corrected chi connectivity index (χ0v) is 11.7. The molecule has 1 aliphatic rings. The minimum Gasteiger partial charge on any atom is -0.396 e. The lowest BCUT2D eigenvalue weighted by atomic mass is 9.99. The summed E-state index contributed by atoms with van der Waals surface area (Å²) in [6.45, 7) is 1.27. The van der Waals surface area contributed by atoms with Crippen molar-refractivity contribution >= 4 is 6.03 Å². The van der Waals surface area contributed by atoms with Gasteiger partial charge in [-0.25, -0.2) is 9.18 Å². The second-order valence-corrected chi connectivity index (χ2v) is 5.21. The minimum atomic E-state index is -0.443. The Hall–Kier alpha value is -2.13. The molecule has 112 valence electrons. The van der Waals surface area contributed by atoms with E-state index in [1.807, 2.05) is 6.07 Å². The maximum Gasteiger partial charge on any atom is 0.317 e. The zero-order chi connectivity index (χ0) is 15.2. The number of nitrogens with one attached hydrogen (secondary N) is 1. The Labute approximate surface area is 123 Å². The van der Waals surface area contributed by atoms with Crippen LogP contribution in [0.15, 0.2) is 18.2 Å². The summed E-state index contributed by atoms with van der Waals surface area (Å²) in [4.78, 5) is 13.7. The molecule has 0 unspecified atom stereocenters. The van der Waals surface area contributed by atoms with E-state index in [9.17, 15) is 9.18 Å². The molecule has 1 aromatic rings. The molecule has 0 aromatic heterocycles. The van der Waals surface area contributed by atoms with Crippen LogP contribution in [0.3, 0.4) is 0 Å². The summed E-state index contributed by atoms with van der Waals surface area (Å²) >= 11 is 0. The van der Waals surface area contributed by atoms with E-state index in [1.165, 1.54) is 18.2 Å². The Kier molecular flexibility index (Phi) is 5.12. The summed E-state index contributed by atoms with van der Waals surface area (Å²) in [7, 11) is 0. The molecule has 0 saturated carbocycles. The standard InChI is InChI=1S/C15H18FN3O2/c16-14-4-3-11(7-17)6-13(14)8-18-15(21)19-5-1-2-12(9-19)10-20/h3-4,6,12,20H,1-2,5,8-10H2,(H,18,21)/t12-/m0/s1. The van der Waals surface area contributed by atoms with Crippen LogP contribution < -0.4 is 5.32 Å². The van der Waals surface area contributed by atoms with Crippen LogP contribution in [-0.2, 0) is 6.54 Å². The predicted octanol–water partition coefficient (Wildman–Crippen LogP) is 1.61. The molecule has 1 fully saturated rings.